The molecule has 0 N–H and O–H groups in total. The highest BCUT2D eigenvalue weighted by Crippen LogP contribution is 2.30. The zero-order valence-electron chi connectivity index (χ0n) is 7.36. The molecule has 0 amide bonds. The number of hydrogen-bond acceptors (Lipinski definition) is 1. The number of aryl methyl sites for hydroxylation is 1. The number of halogens is 1. The molecule has 0 aliphatic heterocycles. The van der Waals surface area contributed by atoms with Gasteiger partial charge < -0.3 is 0 Å². The topological polar surface area (TPSA) is 0 Å². The summed E-state index contributed by atoms with van der Waals surface area (Å²) >= 11 is 1.25. The summed E-state index contributed by atoms with van der Waals surface area (Å²) in [4.78, 5) is 1.12. The Labute approximate surface area is 71.1 Å². The molecule has 0 radical (unpaired) electrons. The molecule has 62 valence electrons. The molecule has 0 spiro atoms. The van der Waals surface area contributed by atoms with Crippen LogP contribution >= 0.6 is 11.3 Å². The average Bonchev–Trinajstić information content (AvgIpc) is 2.11. The minimum Gasteiger partial charge on any atom is -0.195 e. The first-order chi connectivity index (χ1) is 4.91. The van der Waals surface area contributed by atoms with E-state index in [1.165, 1.54) is 11.3 Å². The lowest BCUT2D eigenvalue weighted by atomic mass is 9.94. The van der Waals surface area contributed by atoms with Gasteiger partial charge >= 0.3 is 0 Å². The van der Waals surface area contributed by atoms with Crippen LogP contribution < -0.4 is 0 Å². The van der Waals surface area contributed by atoms with Gasteiger partial charge in [-0.05, 0) is 24.0 Å². The zero-order valence-corrected chi connectivity index (χ0v) is 8.18. The molecule has 0 saturated carbocycles. The van der Waals surface area contributed by atoms with E-state index in [4.69, 9.17) is 0 Å². The van der Waals surface area contributed by atoms with E-state index in [-0.39, 0.29) is 10.5 Å². The summed E-state index contributed by atoms with van der Waals surface area (Å²) in [5.41, 5.74) is 0.847. The van der Waals surface area contributed by atoms with Crippen molar-refractivity contribution < 1.29 is 4.39 Å². The Kier molecular flexibility index (Phi) is 2.06. The van der Waals surface area contributed by atoms with Gasteiger partial charge in [-0.15, -0.1) is 11.3 Å². The van der Waals surface area contributed by atoms with Gasteiger partial charge in [0.05, 0.1) is 0 Å². The molecule has 1 aromatic rings. The van der Waals surface area contributed by atoms with E-state index in [9.17, 15) is 4.39 Å². The molecule has 1 rings (SSSR count). The van der Waals surface area contributed by atoms with Gasteiger partial charge in [-0.25, -0.2) is 0 Å². The maximum absolute atomic E-state index is 12.9. The van der Waals surface area contributed by atoms with Crippen LogP contribution in [-0.4, -0.2) is 0 Å². The fourth-order valence-corrected chi connectivity index (χ4v) is 1.78. The lowest BCUT2D eigenvalue weighted by Crippen LogP contribution is -2.07. The van der Waals surface area contributed by atoms with E-state index in [1.54, 1.807) is 6.92 Å². The first-order valence-electron chi connectivity index (χ1n) is 3.67. The summed E-state index contributed by atoms with van der Waals surface area (Å²) in [5, 5.41) is -0.0464. The second-order valence-electron chi connectivity index (χ2n) is 3.82. The molecule has 0 bridgehead atoms. The largest absolute Gasteiger partial charge is 0.195 e. The van der Waals surface area contributed by atoms with Gasteiger partial charge in [0.1, 0.15) is 0 Å². The molecular formula is C9H13FS. The van der Waals surface area contributed by atoms with Crippen molar-refractivity contribution in [1.29, 1.82) is 0 Å². The van der Waals surface area contributed by atoms with Gasteiger partial charge in [0.15, 0.2) is 5.13 Å². The van der Waals surface area contributed by atoms with Gasteiger partial charge in [-0.3, -0.25) is 0 Å². The molecule has 11 heavy (non-hydrogen) atoms. The van der Waals surface area contributed by atoms with Crippen LogP contribution in [0.5, 0.6) is 0 Å². The molecule has 0 nitrogen and oxygen atoms in total. The van der Waals surface area contributed by atoms with Crippen LogP contribution in [0.4, 0.5) is 4.39 Å². The predicted octanol–water partition coefficient (Wildman–Crippen LogP) is 3.49. The van der Waals surface area contributed by atoms with Crippen molar-refractivity contribution in [3.05, 3.63) is 21.6 Å². The first kappa shape index (κ1) is 8.72. The molecular weight excluding hydrogens is 159 g/mol. The minimum atomic E-state index is -0.0464. The molecule has 2 heteroatoms. The molecule has 0 atom stereocenters. The van der Waals surface area contributed by atoms with Crippen LogP contribution in [-0.2, 0) is 5.41 Å². The molecule has 0 aromatic carbocycles. The predicted molar refractivity (Wildman–Crippen MR) is 47.7 cm³/mol. The SMILES string of the molecule is Cc1cc(C(C)(C)C)sc1F. The minimum absolute atomic E-state index is 0.0464. The van der Waals surface area contributed by atoms with Crippen LogP contribution in [0.1, 0.15) is 31.2 Å². The van der Waals surface area contributed by atoms with Crippen LogP contribution in [0.25, 0.3) is 0 Å². The summed E-state index contributed by atoms with van der Waals surface area (Å²) in [7, 11) is 0. The maximum atomic E-state index is 12.9. The fourth-order valence-electron chi connectivity index (χ4n) is 0.829. The van der Waals surface area contributed by atoms with Crippen molar-refractivity contribution in [2.24, 2.45) is 0 Å². The molecule has 0 aliphatic rings. The van der Waals surface area contributed by atoms with Crippen molar-refractivity contribution in [3.63, 3.8) is 0 Å². The standard InChI is InChI=1S/C9H13FS/c1-6-5-7(9(2,3)4)11-8(6)10/h5H,1-4H3. The number of rotatable bonds is 0. The summed E-state index contributed by atoms with van der Waals surface area (Å²) in [5.74, 6) is 0. The van der Waals surface area contributed by atoms with E-state index in [0.29, 0.717) is 0 Å². The molecule has 0 fully saturated rings. The lowest BCUT2D eigenvalue weighted by Gasteiger charge is -2.14. The van der Waals surface area contributed by atoms with E-state index in [2.05, 4.69) is 20.8 Å². The van der Waals surface area contributed by atoms with Crippen LogP contribution in [0, 0.1) is 12.1 Å². The second-order valence-corrected chi connectivity index (χ2v) is 4.82. The molecule has 0 saturated heterocycles. The van der Waals surface area contributed by atoms with Crippen LogP contribution in [0.3, 0.4) is 0 Å². The third kappa shape index (κ3) is 1.80. The highest BCUT2D eigenvalue weighted by atomic mass is 32.1. The summed E-state index contributed by atoms with van der Waals surface area (Å²) in [6.45, 7) is 8.09. The first-order valence-corrected chi connectivity index (χ1v) is 4.49. The Balaban J connectivity index is 3.08. The van der Waals surface area contributed by atoms with Crippen LogP contribution in [0.15, 0.2) is 6.07 Å². The Hall–Kier alpha value is -0.370. The average molecular weight is 172 g/mol. The van der Waals surface area contributed by atoms with E-state index < -0.39 is 0 Å². The van der Waals surface area contributed by atoms with Crippen molar-refractivity contribution in [2.75, 3.05) is 0 Å². The monoisotopic (exact) mass is 172 g/mol. The van der Waals surface area contributed by atoms with Gasteiger partial charge in [0.2, 0.25) is 0 Å². The van der Waals surface area contributed by atoms with E-state index in [1.807, 2.05) is 6.07 Å². The Morgan fingerprint density at radius 3 is 2.09 bits per heavy atom. The summed E-state index contributed by atoms with van der Waals surface area (Å²) in [6.07, 6.45) is 0. The van der Waals surface area contributed by atoms with Crippen LogP contribution in [0.2, 0.25) is 0 Å². The molecule has 0 aliphatic carbocycles. The zero-order chi connectivity index (χ0) is 8.65. The number of hydrogen-bond donors (Lipinski definition) is 0. The van der Waals surface area contributed by atoms with Gasteiger partial charge in [0, 0.05) is 4.88 Å². The van der Waals surface area contributed by atoms with Gasteiger partial charge in [0.25, 0.3) is 0 Å². The highest BCUT2D eigenvalue weighted by Gasteiger charge is 2.17. The third-order valence-corrected chi connectivity index (χ3v) is 3.05. The van der Waals surface area contributed by atoms with Gasteiger partial charge in [-0.1, -0.05) is 20.8 Å². The second kappa shape index (κ2) is 2.59. The van der Waals surface area contributed by atoms with Crippen molar-refractivity contribution in [3.8, 4) is 0 Å². The Bertz CT molecular complexity index is 236. The molecule has 1 heterocycles. The fraction of sp³-hybridized carbons (Fsp3) is 0.556. The normalized spacial score (nSPS) is 12.1. The quantitative estimate of drug-likeness (QED) is 0.562. The van der Waals surface area contributed by atoms with E-state index >= 15 is 0 Å². The van der Waals surface area contributed by atoms with Crippen molar-refractivity contribution in [2.45, 2.75) is 33.1 Å². The smallest absolute Gasteiger partial charge is 0.179 e. The Morgan fingerprint density at radius 2 is 1.91 bits per heavy atom. The highest BCUT2D eigenvalue weighted by molar-refractivity contribution is 7.10. The third-order valence-electron chi connectivity index (χ3n) is 1.60. The number of thiophene rings is 1. The maximum Gasteiger partial charge on any atom is 0.179 e. The summed E-state index contributed by atoms with van der Waals surface area (Å²) < 4.78 is 12.9. The molecule has 0 unspecified atom stereocenters. The Morgan fingerprint density at radius 1 is 1.36 bits per heavy atom. The summed E-state index contributed by atoms with van der Waals surface area (Å²) in [6, 6.07) is 1.93. The van der Waals surface area contributed by atoms with E-state index in [0.717, 1.165) is 10.4 Å². The van der Waals surface area contributed by atoms with Gasteiger partial charge in [-0.2, -0.15) is 4.39 Å². The van der Waals surface area contributed by atoms with Crippen molar-refractivity contribution >= 4 is 11.3 Å². The van der Waals surface area contributed by atoms with Crippen molar-refractivity contribution in [1.82, 2.24) is 0 Å². The lowest BCUT2D eigenvalue weighted by molar-refractivity contribution is 0.603. The molecule has 1 aromatic heterocycles.